The van der Waals surface area contributed by atoms with E-state index in [-0.39, 0.29) is 0 Å². The van der Waals surface area contributed by atoms with E-state index in [2.05, 4.69) is 29.6 Å². The van der Waals surface area contributed by atoms with Gasteiger partial charge in [-0.05, 0) is 42.1 Å². The SMILES string of the molecule is OC(CNC1CSCCc2ccccc21)COCC1CC1. The maximum Gasteiger partial charge on any atom is 0.0897 e. The van der Waals surface area contributed by atoms with Crippen LogP contribution in [0.25, 0.3) is 0 Å². The quantitative estimate of drug-likeness (QED) is 0.812. The highest BCUT2D eigenvalue weighted by Gasteiger charge is 2.22. The highest BCUT2D eigenvalue weighted by molar-refractivity contribution is 7.99. The molecule has 0 saturated heterocycles. The Morgan fingerprint density at radius 3 is 3.05 bits per heavy atom. The van der Waals surface area contributed by atoms with Crippen molar-refractivity contribution >= 4 is 11.8 Å². The van der Waals surface area contributed by atoms with Crippen molar-refractivity contribution in [2.75, 3.05) is 31.3 Å². The van der Waals surface area contributed by atoms with Gasteiger partial charge < -0.3 is 15.2 Å². The molecule has 2 unspecified atom stereocenters. The number of rotatable bonds is 7. The van der Waals surface area contributed by atoms with Crippen molar-refractivity contribution in [3.05, 3.63) is 35.4 Å². The first-order valence-electron chi connectivity index (χ1n) is 7.97. The number of aliphatic hydroxyl groups is 1. The van der Waals surface area contributed by atoms with Gasteiger partial charge in [0, 0.05) is 24.9 Å². The predicted molar refractivity (Wildman–Crippen MR) is 87.8 cm³/mol. The lowest BCUT2D eigenvalue weighted by atomic mass is 9.99. The summed E-state index contributed by atoms with van der Waals surface area (Å²) in [5.74, 6) is 3.02. The van der Waals surface area contributed by atoms with Crippen LogP contribution in [-0.2, 0) is 11.2 Å². The number of thioether (sulfide) groups is 1. The summed E-state index contributed by atoms with van der Waals surface area (Å²) in [6.07, 6.45) is 3.32. The molecule has 1 saturated carbocycles. The molecular weight excluding hydrogens is 282 g/mol. The van der Waals surface area contributed by atoms with Crippen molar-refractivity contribution in [2.24, 2.45) is 5.92 Å². The Morgan fingerprint density at radius 1 is 1.33 bits per heavy atom. The van der Waals surface area contributed by atoms with Gasteiger partial charge in [0.05, 0.1) is 12.7 Å². The first kappa shape index (κ1) is 15.3. The second-order valence-electron chi connectivity index (χ2n) is 6.12. The van der Waals surface area contributed by atoms with Gasteiger partial charge in [-0.15, -0.1) is 0 Å². The largest absolute Gasteiger partial charge is 0.389 e. The molecule has 1 aromatic rings. The van der Waals surface area contributed by atoms with E-state index in [1.54, 1.807) is 0 Å². The van der Waals surface area contributed by atoms with Crippen LogP contribution in [0.15, 0.2) is 24.3 Å². The Morgan fingerprint density at radius 2 is 2.19 bits per heavy atom. The fourth-order valence-electron chi connectivity index (χ4n) is 2.74. The molecule has 0 radical (unpaired) electrons. The van der Waals surface area contributed by atoms with Crippen LogP contribution in [0.2, 0.25) is 0 Å². The summed E-state index contributed by atoms with van der Waals surface area (Å²) >= 11 is 1.99. The molecule has 2 N–H and O–H groups in total. The monoisotopic (exact) mass is 307 g/mol. The standard InChI is InChI=1S/C17H25NO2S/c19-15(11-20-10-13-5-6-13)9-18-17-12-21-8-7-14-3-1-2-4-16(14)17/h1-4,13,15,17-19H,5-12H2. The maximum atomic E-state index is 10.0. The summed E-state index contributed by atoms with van der Waals surface area (Å²) in [5.41, 5.74) is 2.84. The Bertz CT molecular complexity index is 450. The van der Waals surface area contributed by atoms with Crippen LogP contribution in [0.1, 0.15) is 30.0 Å². The predicted octanol–water partition coefficient (Wildman–Crippen LogP) is 2.39. The third kappa shape index (κ3) is 4.71. The van der Waals surface area contributed by atoms with Crippen LogP contribution in [0.4, 0.5) is 0 Å². The molecule has 0 spiro atoms. The third-order valence-corrected chi connectivity index (χ3v) is 5.25. The number of hydrogen-bond acceptors (Lipinski definition) is 4. The van der Waals surface area contributed by atoms with E-state index in [1.807, 2.05) is 11.8 Å². The van der Waals surface area contributed by atoms with Gasteiger partial charge in [0.2, 0.25) is 0 Å². The van der Waals surface area contributed by atoms with Crippen LogP contribution in [0, 0.1) is 5.92 Å². The zero-order chi connectivity index (χ0) is 14.5. The number of aryl methyl sites for hydroxylation is 1. The summed E-state index contributed by atoms with van der Waals surface area (Å²) < 4.78 is 5.56. The van der Waals surface area contributed by atoms with E-state index in [0.29, 0.717) is 19.2 Å². The molecule has 0 amide bonds. The van der Waals surface area contributed by atoms with Crippen LogP contribution in [-0.4, -0.2) is 42.5 Å². The molecular formula is C17H25NO2S. The molecule has 1 aromatic carbocycles. The number of ether oxygens (including phenoxy) is 1. The third-order valence-electron chi connectivity index (χ3n) is 4.19. The Kier molecular flexibility index (Phi) is 5.58. The van der Waals surface area contributed by atoms with Crippen molar-refractivity contribution in [3.63, 3.8) is 0 Å². The smallest absolute Gasteiger partial charge is 0.0897 e. The van der Waals surface area contributed by atoms with Crippen LogP contribution in [0.3, 0.4) is 0 Å². The van der Waals surface area contributed by atoms with E-state index < -0.39 is 6.10 Å². The minimum atomic E-state index is -0.413. The molecule has 1 heterocycles. The Labute approximate surface area is 131 Å². The Hall–Kier alpha value is -0.550. The van der Waals surface area contributed by atoms with E-state index in [4.69, 9.17) is 4.74 Å². The molecule has 116 valence electrons. The fourth-order valence-corrected chi connectivity index (χ4v) is 3.80. The highest BCUT2D eigenvalue weighted by atomic mass is 32.2. The van der Waals surface area contributed by atoms with Crippen LogP contribution >= 0.6 is 11.8 Å². The van der Waals surface area contributed by atoms with Crippen LogP contribution in [0.5, 0.6) is 0 Å². The average molecular weight is 307 g/mol. The van der Waals surface area contributed by atoms with Gasteiger partial charge in [0.15, 0.2) is 0 Å². The molecule has 0 aromatic heterocycles. The minimum absolute atomic E-state index is 0.340. The molecule has 3 rings (SSSR count). The molecule has 3 nitrogen and oxygen atoms in total. The number of hydrogen-bond donors (Lipinski definition) is 2. The summed E-state index contributed by atoms with van der Waals surface area (Å²) in [7, 11) is 0. The average Bonchev–Trinajstić information content (AvgIpc) is 3.32. The van der Waals surface area contributed by atoms with Crippen LogP contribution < -0.4 is 5.32 Å². The molecule has 2 atom stereocenters. The highest BCUT2D eigenvalue weighted by Crippen LogP contribution is 2.29. The summed E-state index contributed by atoms with van der Waals surface area (Å²) in [4.78, 5) is 0. The van der Waals surface area contributed by atoms with E-state index in [9.17, 15) is 5.11 Å². The lowest BCUT2D eigenvalue weighted by Gasteiger charge is -2.21. The maximum absolute atomic E-state index is 10.0. The van der Waals surface area contributed by atoms with E-state index in [1.165, 1.54) is 29.7 Å². The fraction of sp³-hybridized carbons (Fsp3) is 0.647. The van der Waals surface area contributed by atoms with Crippen molar-refractivity contribution in [3.8, 4) is 0 Å². The topological polar surface area (TPSA) is 41.5 Å². The summed E-state index contributed by atoms with van der Waals surface area (Å²) in [6, 6.07) is 9.01. The second kappa shape index (κ2) is 7.63. The van der Waals surface area contributed by atoms with Gasteiger partial charge in [-0.2, -0.15) is 11.8 Å². The second-order valence-corrected chi connectivity index (χ2v) is 7.27. The molecule has 1 aliphatic heterocycles. The Balaban J connectivity index is 1.47. The van der Waals surface area contributed by atoms with Crippen molar-refractivity contribution < 1.29 is 9.84 Å². The zero-order valence-corrected chi connectivity index (χ0v) is 13.3. The molecule has 4 heteroatoms. The van der Waals surface area contributed by atoms with Gasteiger partial charge in [0.25, 0.3) is 0 Å². The zero-order valence-electron chi connectivity index (χ0n) is 12.5. The van der Waals surface area contributed by atoms with Gasteiger partial charge in [-0.3, -0.25) is 0 Å². The first-order chi connectivity index (χ1) is 10.3. The molecule has 1 aliphatic carbocycles. The molecule has 1 fully saturated rings. The lowest BCUT2D eigenvalue weighted by Crippen LogP contribution is -2.34. The van der Waals surface area contributed by atoms with Crippen molar-refractivity contribution in [1.82, 2.24) is 5.32 Å². The lowest BCUT2D eigenvalue weighted by molar-refractivity contribution is 0.0315. The van der Waals surface area contributed by atoms with E-state index in [0.717, 1.165) is 24.7 Å². The molecule has 21 heavy (non-hydrogen) atoms. The number of fused-ring (bicyclic) bond motifs is 1. The number of nitrogens with one attached hydrogen (secondary N) is 1. The first-order valence-corrected chi connectivity index (χ1v) is 9.13. The summed E-state index contributed by atoms with van der Waals surface area (Å²) in [5, 5.41) is 13.6. The van der Waals surface area contributed by atoms with Crippen molar-refractivity contribution in [2.45, 2.75) is 31.4 Å². The van der Waals surface area contributed by atoms with Gasteiger partial charge in [0.1, 0.15) is 0 Å². The minimum Gasteiger partial charge on any atom is -0.389 e. The van der Waals surface area contributed by atoms with Crippen molar-refractivity contribution in [1.29, 1.82) is 0 Å². The summed E-state index contributed by atoms with van der Waals surface area (Å²) in [6.45, 7) is 1.87. The number of aliphatic hydroxyl groups excluding tert-OH is 1. The van der Waals surface area contributed by atoms with Gasteiger partial charge >= 0.3 is 0 Å². The van der Waals surface area contributed by atoms with Gasteiger partial charge in [-0.25, -0.2) is 0 Å². The molecule has 0 bridgehead atoms. The number of benzene rings is 1. The molecule has 2 aliphatic rings. The van der Waals surface area contributed by atoms with Gasteiger partial charge in [-0.1, -0.05) is 24.3 Å². The van der Waals surface area contributed by atoms with E-state index >= 15 is 0 Å². The normalized spacial score (nSPS) is 23.4.